The van der Waals surface area contributed by atoms with Gasteiger partial charge in [0.25, 0.3) is 0 Å². The van der Waals surface area contributed by atoms with E-state index < -0.39 is 0 Å². The molecule has 4 heteroatoms. The normalized spacial score (nSPS) is 13.3. The summed E-state index contributed by atoms with van der Waals surface area (Å²) in [5.74, 6) is 0. The predicted molar refractivity (Wildman–Crippen MR) is 173 cm³/mol. The van der Waals surface area contributed by atoms with Crippen molar-refractivity contribution in [1.82, 2.24) is 9.55 Å². The molecule has 0 saturated carbocycles. The molecular weight excluding hydrogens is 500 g/mol. The van der Waals surface area contributed by atoms with Gasteiger partial charge in [-0.1, -0.05) is 97.6 Å². The fourth-order valence-corrected chi connectivity index (χ4v) is 6.14. The highest BCUT2D eigenvalue weighted by atomic mass is 15.1. The first-order valence-corrected chi connectivity index (χ1v) is 13.7. The monoisotopic (exact) mass is 526 g/mol. The molecule has 0 fully saturated rings. The van der Waals surface area contributed by atoms with Crippen LogP contribution in [-0.2, 0) is 0 Å². The summed E-state index contributed by atoms with van der Waals surface area (Å²) in [7, 11) is 0. The van der Waals surface area contributed by atoms with Crippen LogP contribution in [0.4, 0.5) is 11.4 Å². The highest BCUT2D eigenvalue weighted by Crippen LogP contribution is 2.42. The van der Waals surface area contributed by atoms with Gasteiger partial charge in [-0.3, -0.25) is 0 Å². The Morgan fingerprint density at radius 1 is 0.659 bits per heavy atom. The van der Waals surface area contributed by atoms with E-state index >= 15 is 0 Å². The molecule has 0 saturated heterocycles. The number of fused-ring (bicyclic) bond motifs is 6. The van der Waals surface area contributed by atoms with Crippen LogP contribution in [0, 0.1) is 0 Å². The maximum absolute atomic E-state index is 6.85. The van der Waals surface area contributed by atoms with Gasteiger partial charge in [-0.05, 0) is 41.8 Å². The van der Waals surface area contributed by atoms with Crippen LogP contribution in [0.3, 0.4) is 0 Å². The van der Waals surface area contributed by atoms with Gasteiger partial charge in [-0.15, -0.1) is 0 Å². The number of pyridine rings is 1. The summed E-state index contributed by atoms with van der Waals surface area (Å²) < 4.78 is 2.37. The van der Waals surface area contributed by atoms with E-state index in [0.717, 1.165) is 39.2 Å². The molecule has 3 heterocycles. The molecule has 194 valence electrons. The Morgan fingerprint density at radius 2 is 1.39 bits per heavy atom. The third-order valence-electron chi connectivity index (χ3n) is 8.05. The predicted octanol–water partition coefficient (Wildman–Crippen LogP) is 9.14. The van der Waals surface area contributed by atoms with E-state index in [4.69, 9.17) is 10.7 Å². The van der Waals surface area contributed by atoms with Crippen LogP contribution >= 0.6 is 0 Å². The topological polar surface area (TPSA) is 47.1 Å². The molecule has 8 rings (SSSR count). The lowest BCUT2D eigenvalue weighted by molar-refractivity contribution is 1.18. The Kier molecular flexibility index (Phi) is 5.09. The lowest BCUT2D eigenvalue weighted by Crippen LogP contribution is -2.18. The molecule has 41 heavy (non-hydrogen) atoms. The van der Waals surface area contributed by atoms with Gasteiger partial charge in [0.15, 0.2) is 0 Å². The first kappa shape index (κ1) is 23.3. The van der Waals surface area contributed by atoms with Gasteiger partial charge in [0, 0.05) is 44.7 Å². The highest BCUT2D eigenvalue weighted by Gasteiger charge is 2.21. The Bertz CT molecular complexity index is 2230. The van der Waals surface area contributed by atoms with Gasteiger partial charge in [-0.25, -0.2) is 4.98 Å². The van der Waals surface area contributed by atoms with Crippen LogP contribution in [0.5, 0.6) is 0 Å². The minimum atomic E-state index is 0.685. The quantitative estimate of drug-likeness (QED) is 0.250. The molecule has 0 unspecified atom stereocenters. The molecule has 7 aromatic rings. The molecule has 0 atom stereocenters. The zero-order valence-corrected chi connectivity index (χ0v) is 22.3. The number of allylic oxidation sites excluding steroid dienone is 3. The number of nitrogens with zero attached hydrogens (tertiary/aromatic N) is 3. The molecule has 0 radical (unpaired) electrons. The minimum absolute atomic E-state index is 0.685. The van der Waals surface area contributed by atoms with Gasteiger partial charge in [0.05, 0.1) is 33.6 Å². The lowest BCUT2D eigenvalue weighted by atomic mass is 10.0. The molecule has 0 aliphatic carbocycles. The van der Waals surface area contributed by atoms with Gasteiger partial charge in [0.1, 0.15) is 0 Å². The van der Waals surface area contributed by atoms with E-state index in [0.29, 0.717) is 5.69 Å². The SMILES string of the molecule is C=C1C=CC=CN1c1c(-c2ccc(-n3c4ccccc4c4ccc5ccccc5c43)cc2)nc2ccccc2c1N. The van der Waals surface area contributed by atoms with Crippen molar-refractivity contribution in [2.24, 2.45) is 0 Å². The smallest absolute Gasteiger partial charge is 0.0971 e. The second-order valence-electron chi connectivity index (χ2n) is 10.4. The number of nitrogen functional groups attached to an aromatic ring is 1. The summed E-state index contributed by atoms with van der Waals surface area (Å²) in [5.41, 5.74) is 15.4. The summed E-state index contributed by atoms with van der Waals surface area (Å²) in [4.78, 5) is 7.15. The number of rotatable bonds is 3. The van der Waals surface area contributed by atoms with Crippen molar-refractivity contribution in [2.75, 3.05) is 10.6 Å². The summed E-state index contributed by atoms with van der Waals surface area (Å²) in [5, 5.41) is 5.88. The minimum Gasteiger partial charge on any atom is -0.396 e. The van der Waals surface area contributed by atoms with Crippen LogP contribution in [0.25, 0.3) is 60.4 Å². The second-order valence-corrected chi connectivity index (χ2v) is 10.4. The van der Waals surface area contributed by atoms with Crippen molar-refractivity contribution in [3.05, 3.63) is 146 Å². The van der Waals surface area contributed by atoms with Crippen LogP contribution in [0.15, 0.2) is 146 Å². The number of nitrogens with two attached hydrogens (primary N) is 1. The molecule has 0 spiro atoms. The van der Waals surface area contributed by atoms with Crippen molar-refractivity contribution in [3.8, 4) is 16.9 Å². The van der Waals surface area contributed by atoms with Crippen LogP contribution in [-0.4, -0.2) is 9.55 Å². The number of hydrogen-bond donors (Lipinski definition) is 1. The standard InChI is InChI=1S/C37H26N4/c1-24-10-8-9-23-40(24)37-34(38)31-14-4-6-15-32(31)39-35(37)26-17-20-27(21-18-26)41-33-16-7-5-13-29(33)30-22-19-25-11-2-3-12-28(25)36(30)41/h2-23H,1H2,(H2,38,39). The largest absolute Gasteiger partial charge is 0.396 e. The van der Waals surface area contributed by atoms with Crippen molar-refractivity contribution >= 4 is 54.9 Å². The first-order valence-electron chi connectivity index (χ1n) is 13.7. The van der Waals surface area contributed by atoms with Gasteiger partial charge < -0.3 is 15.2 Å². The van der Waals surface area contributed by atoms with Gasteiger partial charge in [0.2, 0.25) is 0 Å². The number of para-hydroxylation sites is 2. The number of aromatic nitrogens is 2. The molecule has 5 aromatic carbocycles. The van der Waals surface area contributed by atoms with Crippen molar-refractivity contribution in [3.63, 3.8) is 0 Å². The number of anilines is 2. The Morgan fingerprint density at radius 3 is 2.22 bits per heavy atom. The van der Waals surface area contributed by atoms with Gasteiger partial charge in [-0.2, -0.15) is 0 Å². The highest BCUT2D eigenvalue weighted by molar-refractivity contribution is 6.18. The summed E-state index contributed by atoms with van der Waals surface area (Å²) in [6.07, 6.45) is 7.94. The summed E-state index contributed by atoms with van der Waals surface area (Å²) in [6.45, 7) is 4.26. The molecular formula is C37H26N4. The second kappa shape index (κ2) is 8.97. The van der Waals surface area contributed by atoms with Crippen LogP contribution in [0.2, 0.25) is 0 Å². The van der Waals surface area contributed by atoms with Crippen molar-refractivity contribution in [1.29, 1.82) is 0 Å². The van der Waals surface area contributed by atoms with E-state index in [1.165, 1.54) is 32.6 Å². The van der Waals surface area contributed by atoms with Crippen molar-refractivity contribution in [2.45, 2.75) is 0 Å². The van der Waals surface area contributed by atoms with E-state index in [9.17, 15) is 0 Å². The Labute approximate surface area is 237 Å². The average molecular weight is 527 g/mol. The number of benzene rings is 5. The average Bonchev–Trinajstić information content (AvgIpc) is 3.37. The van der Waals surface area contributed by atoms with Crippen LogP contribution in [0.1, 0.15) is 0 Å². The number of hydrogen-bond acceptors (Lipinski definition) is 3. The van der Waals surface area contributed by atoms with E-state index in [1.54, 1.807) is 0 Å². The molecule has 4 nitrogen and oxygen atoms in total. The molecule has 2 N–H and O–H groups in total. The van der Waals surface area contributed by atoms with E-state index in [-0.39, 0.29) is 0 Å². The zero-order valence-electron chi connectivity index (χ0n) is 22.3. The Hall–Kier alpha value is -5.61. The molecule has 1 aliphatic rings. The summed E-state index contributed by atoms with van der Waals surface area (Å²) >= 11 is 0. The summed E-state index contributed by atoms with van der Waals surface area (Å²) in [6, 6.07) is 38.4. The third kappa shape index (κ3) is 3.51. The van der Waals surface area contributed by atoms with Crippen LogP contribution < -0.4 is 10.6 Å². The Balaban J connectivity index is 1.36. The zero-order chi connectivity index (χ0) is 27.5. The van der Waals surface area contributed by atoms with E-state index in [2.05, 4.69) is 96.1 Å². The third-order valence-corrected chi connectivity index (χ3v) is 8.05. The molecule has 0 amide bonds. The fourth-order valence-electron chi connectivity index (χ4n) is 6.14. The lowest BCUT2D eigenvalue weighted by Gasteiger charge is -2.27. The maximum atomic E-state index is 6.85. The first-order chi connectivity index (χ1) is 20.2. The fraction of sp³-hybridized carbons (Fsp3) is 0. The van der Waals surface area contributed by atoms with Crippen molar-refractivity contribution < 1.29 is 0 Å². The molecule has 2 aromatic heterocycles. The molecule has 1 aliphatic heterocycles. The van der Waals surface area contributed by atoms with Gasteiger partial charge >= 0.3 is 0 Å². The van der Waals surface area contributed by atoms with E-state index in [1.807, 2.05) is 53.6 Å². The maximum Gasteiger partial charge on any atom is 0.0971 e. The molecule has 0 bridgehead atoms.